The summed E-state index contributed by atoms with van der Waals surface area (Å²) in [5, 5.41) is 3.92. The molecule has 1 saturated heterocycles. The highest BCUT2D eigenvalue weighted by Gasteiger charge is 2.30. The van der Waals surface area contributed by atoms with Gasteiger partial charge in [0.25, 0.3) is 0 Å². The number of piperazine rings is 1. The van der Waals surface area contributed by atoms with Crippen molar-refractivity contribution in [1.29, 1.82) is 0 Å². The van der Waals surface area contributed by atoms with Gasteiger partial charge in [0.15, 0.2) is 0 Å². The summed E-state index contributed by atoms with van der Waals surface area (Å²) in [5.74, 6) is 0.0706. The lowest BCUT2D eigenvalue weighted by Crippen LogP contribution is -2.52. The van der Waals surface area contributed by atoms with E-state index in [0.717, 1.165) is 23.1 Å². The molecule has 0 atom stereocenters. The first-order valence-electron chi connectivity index (χ1n) is 9.32. The van der Waals surface area contributed by atoms with Crippen molar-refractivity contribution >= 4 is 15.9 Å². The fourth-order valence-electron chi connectivity index (χ4n) is 3.34. The molecule has 2 aromatic rings. The van der Waals surface area contributed by atoms with Crippen LogP contribution in [0.4, 0.5) is 4.39 Å². The monoisotopic (exact) mass is 424 g/mol. The summed E-state index contributed by atoms with van der Waals surface area (Å²) in [4.78, 5) is 16.1. The topological polar surface area (TPSA) is 87.0 Å². The molecule has 1 amide bonds. The Hall–Kier alpha value is -2.30. The zero-order chi connectivity index (χ0) is 21.2. The largest absolute Gasteiger partial charge is 0.361 e. The van der Waals surface area contributed by atoms with E-state index in [9.17, 15) is 17.6 Å². The van der Waals surface area contributed by atoms with E-state index in [1.165, 1.54) is 22.5 Å². The Bertz CT molecular complexity index is 964. The summed E-state index contributed by atoms with van der Waals surface area (Å²) in [6, 6.07) is 4.96. The van der Waals surface area contributed by atoms with Gasteiger partial charge in [0.2, 0.25) is 15.9 Å². The quantitative estimate of drug-likeness (QED) is 0.697. The summed E-state index contributed by atoms with van der Waals surface area (Å²) in [6.45, 7) is 5.40. The predicted octanol–water partition coefficient (Wildman–Crippen LogP) is 1.40. The summed E-state index contributed by atoms with van der Waals surface area (Å²) >= 11 is 0. The van der Waals surface area contributed by atoms with Crippen LogP contribution in [0.1, 0.15) is 17.0 Å². The lowest BCUT2D eigenvalue weighted by Gasteiger charge is -2.34. The Balaban J connectivity index is 1.55. The minimum Gasteiger partial charge on any atom is -0.361 e. The number of aryl methyl sites for hydroxylation is 2. The molecule has 10 heteroatoms. The summed E-state index contributed by atoms with van der Waals surface area (Å²) in [5.41, 5.74) is 1.77. The molecular formula is C19H25FN4O4S. The Kier molecular flexibility index (Phi) is 6.35. The number of amides is 1. The molecule has 0 aliphatic carbocycles. The molecule has 1 aromatic carbocycles. The Morgan fingerprint density at radius 2 is 1.93 bits per heavy atom. The molecule has 29 heavy (non-hydrogen) atoms. The average Bonchev–Trinajstić information content (AvgIpc) is 3.00. The van der Waals surface area contributed by atoms with E-state index in [2.05, 4.69) is 5.16 Å². The smallest absolute Gasteiger partial charge is 0.243 e. The number of carbonyl (C=O) groups is 1. The first-order chi connectivity index (χ1) is 13.7. The number of hydrogen-bond donors (Lipinski definition) is 0. The second-order valence-corrected chi connectivity index (χ2v) is 9.16. The van der Waals surface area contributed by atoms with Crippen molar-refractivity contribution in [2.75, 3.05) is 39.8 Å². The molecule has 1 aliphatic heterocycles. The van der Waals surface area contributed by atoms with E-state index in [4.69, 9.17) is 4.52 Å². The van der Waals surface area contributed by atoms with E-state index in [1.807, 2.05) is 25.8 Å². The fraction of sp³-hybridized carbons (Fsp3) is 0.474. The maximum absolute atomic E-state index is 13.4. The van der Waals surface area contributed by atoms with Gasteiger partial charge in [0, 0.05) is 38.3 Å². The van der Waals surface area contributed by atoms with Crippen molar-refractivity contribution in [1.82, 2.24) is 19.3 Å². The second-order valence-electron chi connectivity index (χ2n) is 7.22. The highest BCUT2D eigenvalue weighted by atomic mass is 32.2. The van der Waals surface area contributed by atoms with E-state index < -0.39 is 15.8 Å². The first kappa shape index (κ1) is 21.4. The first-order valence-corrected chi connectivity index (χ1v) is 10.8. The number of likely N-dealkylation sites (N-methyl/N-ethyl adjacent to an activating group) is 1. The number of aromatic nitrogens is 1. The molecule has 1 fully saturated rings. The van der Waals surface area contributed by atoms with Crippen molar-refractivity contribution in [3.63, 3.8) is 0 Å². The summed E-state index contributed by atoms with van der Waals surface area (Å²) in [6.07, 6.45) is 0. The van der Waals surface area contributed by atoms with Gasteiger partial charge in [0.1, 0.15) is 11.6 Å². The number of nitrogens with zero attached hydrogens (tertiary/aromatic N) is 4. The van der Waals surface area contributed by atoms with Crippen LogP contribution in [-0.2, 0) is 21.4 Å². The van der Waals surface area contributed by atoms with Crippen LogP contribution in [0.25, 0.3) is 0 Å². The van der Waals surface area contributed by atoms with E-state index in [-0.39, 0.29) is 30.4 Å². The Morgan fingerprint density at radius 3 is 2.52 bits per heavy atom. The van der Waals surface area contributed by atoms with Gasteiger partial charge in [0.05, 0.1) is 17.1 Å². The van der Waals surface area contributed by atoms with Crippen LogP contribution in [0.5, 0.6) is 0 Å². The standard InChI is InChI=1S/C19H25FN4O4S/c1-14-18(15(2)28-21-14)12-22(3)13-19(25)23-7-9-24(10-8-23)29(26,27)17-6-4-5-16(20)11-17/h4-6,11H,7-10,12-13H2,1-3H3. The van der Waals surface area contributed by atoms with Crippen molar-refractivity contribution in [2.45, 2.75) is 25.3 Å². The molecule has 2 heterocycles. The Labute approximate surface area is 169 Å². The molecule has 8 nitrogen and oxygen atoms in total. The molecule has 0 bridgehead atoms. The molecule has 1 aliphatic rings. The third kappa shape index (κ3) is 4.82. The van der Waals surface area contributed by atoms with Crippen LogP contribution in [0, 0.1) is 19.7 Å². The van der Waals surface area contributed by atoms with Gasteiger partial charge < -0.3 is 9.42 Å². The summed E-state index contributed by atoms with van der Waals surface area (Å²) < 4.78 is 45.2. The third-order valence-corrected chi connectivity index (χ3v) is 6.93. The number of rotatable bonds is 6. The number of carbonyl (C=O) groups excluding carboxylic acids is 1. The van der Waals surface area contributed by atoms with Gasteiger partial charge in [-0.25, -0.2) is 12.8 Å². The SMILES string of the molecule is Cc1noc(C)c1CN(C)CC(=O)N1CCN(S(=O)(=O)c2cccc(F)c2)CC1. The van der Waals surface area contributed by atoms with Crippen molar-refractivity contribution in [3.05, 3.63) is 47.1 Å². The normalized spacial score (nSPS) is 15.8. The number of benzene rings is 1. The molecule has 0 saturated carbocycles. The highest BCUT2D eigenvalue weighted by Crippen LogP contribution is 2.19. The molecule has 1 aromatic heterocycles. The van der Waals surface area contributed by atoms with E-state index >= 15 is 0 Å². The van der Waals surface area contributed by atoms with Crippen LogP contribution in [0.2, 0.25) is 0 Å². The molecule has 0 unspecified atom stereocenters. The lowest BCUT2D eigenvalue weighted by molar-refractivity contribution is -0.133. The lowest BCUT2D eigenvalue weighted by atomic mass is 10.2. The van der Waals surface area contributed by atoms with Crippen molar-refractivity contribution in [3.8, 4) is 0 Å². The van der Waals surface area contributed by atoms with Crippen LogP contribution in [-0.4, -0.2) is 73.4 Å². The maximum Gasteiger partial charge on any atom is 0.243 e. The van der Waals surface area contributed by atoms with Crippen molar-refractivity contribution < 1.29 is 22.1 Å². The molecule has 3 rings (SSSR count). The molecule has 0 N–H and O–H groups in total. The van der Waals surface area contributed by atoms with Gasteiger partial charge in [-0.2, -0.15) is 4.31 Å². The second kappa shape index (κ2) is 8.60. The number of sulfonamides is 1. The van der Waals surface area contributed by atoms with Gasteiger partial charge in [-0.15, -0.1) is 0 Å². The van der Waals surface area contributed by atoms with Crippen LogP contribution < -0.4 is 0 Å². The maximum atomic E-state index is 13.4. The van der Waals surface area contributed by atoms with Gasteiger partial charge in [-0.1, -0.05) is 11.2 Å². The minimum absolute atomic E-state index is 0.0675. The van der Waals surface area contributed by atoms with Gasteiger partial charge >= 0.3 is 0 Å². The molecule has 0 radical (unpaired) electrons. The molecule has 0 spiro atoms. The number of halogens is 1. The highest BCUT2D eigenvalue weighted by molar-refractivity contribution is 7.89. The summed E-state index contributed by atoms with van der Waals surface area (Å²) in [7, 11) is -1.93. The molecule has 158 valence electrons. The zero-order valence-electron chi connectivity index (χ0n) is 16.8. The Morgan fingerprint density at radius 1 is 1.24 bits per heavy atom. The van der Waals surface area contributed by atoms with Gasteiger partial charge in [-0.3, -0.25) is 9.69 Å². The molecular weight excluding hydrogens is 399 g/mol. The average molecular weight is 424 g/mol. The van der Waals surface area contributed by atoms with Gasteiger partial charge in [-0.05, 0) is 39.1 Å². The predicted molar refractivity (Wildman–Crippen MR) is 104 cm³/mol. The number of hydrogen-bond acceptors (Lipinski definition) is 6. The third-order valence-electron chi connectivity index (χ3n) is 5.04. The van der Waals surface area contributed by atoms with E-state index in [1.54, 1.807) is 4.90 Å². The van der Waals surface area contributed by atoms with Crippen LogP contribution in [0.15, 0.2) is 33.7 Å². The zero-order valence-corrected chi connectivity index (χ0v) is 17.6. The van der Waals surface area contributed by atoms with Crippen molar-refractivity contribution in [2.24, 2.45) is 0 Å². The van der Waals surface area contributed by atoms with Crippen LogP contribution in [0.3, 0.4) is 0 Å². The van der Waals surface area contributed by atoms with E-state index in [0.29, 0.717) is 19.6 Å². The fourth-order valence-corrected chi connectivity index (χ4v) is 4.79. The van der Waals surface area contributed by atoms with Crippen LogP contribution >= 0.6 is 0 Å². The minimum atomic E-state index is -3.77.